The van der Waals surface area contributed by atoms with E-state index in [0.29, 0.717) is 17.3 Å². The molecule has 1 aliphatic heterocycles. The monoisotopic (exact) mass is 345 g/mol. The molecule has 0 radical (unpaired) electrons. The summed E-state index contributed by atoms with van der Waals surface area (Å²) >= 11 is 0. The fraction of sp³-hybridized carbons (Fsp3) is 0.444. The number of aryl methyl sites for hydroxylation is 2. The number of carbonyl (C=O) groups is 1. The third kappa shape index (κ3) is 3.02. The van der Waals surface area contributed by atoms with Gasteiger partial charge in [-0.25, -0.2) is 4.68 Å². The van der Waals surface area contributed by atoms with Crippen LogP contribution in [0.25, 0.3) is 5.69 Å². The van der Waals surface area contributed by atoms with E-state index in [1.165, 1.54) is 5.56 Å². The summed E-state index contributed by atoms with van der Waals surface area (Å²) in [5, 5.41) is 7.66. The van der Waals surface area contributed by atoms with E-state index in [1.807, 2.05) is 46.8 Å². The molecule has 5 nitrogen and oxygen atoms in total. The number of nitrogens with one attached hydrogen (secondary N) is 1. The number of nitrogens with zero attached hydrogens (tertiary/aromatic N) is 2. The first-order valence-electron chi connectivity index (χ1n) is 8.01. The molecule has 6 heteroatoms. The van der Waals surface area contributed by atoms with Gasteiger partial charge in [-0.05, 0) is 25.5 Å². The lowest BCUT2D eigenvalue weighted by Gasteiger charge is -2.19. The van der Waals surface area contributed by atoms with Gasteiger partial charge in [0.2, 0.25) is 5.91 Å². The lowest BCUT2D eigenvalue weighted by molar-refractivity contribution is -0.123. The molecule has 24 heavy (non-hydrogen) atoms. The van der Waals surface area contributed by atoms with Gasteiger partial charge >= 0.3 is 0 Å². The van der Waals surface area contributed by atoms with Gasteiger partial charge in [0.1, 0.15) is 5.82 Å². The molecule has 2 heterocycles. The van der Waals surface area contributed by atoms with Crippen LogP contribution in [0.1, 0.15) is 43.2 Å². The maximum atomic E-state index is 12.5. The Hall–Kier alpha value is -1.95. The van der Waals surface area contributed by atoms with Gasteiger partial charge in [-0.3, -0.25) is 9.00 Å². The highest BCUT2D eigenvalue weighted by molar-refractivity contribution is 7.83. The molecule has 2 aromatic rings. The molecule has 1 aromatic heterocycles. The van der Waals surface area contributed by atoms with Gasteiger partial charge in [0, 0.05) is 21.8 Å². The molecule has 1 N–H and O–H groups in total. The molecule has 0 saturated carbocycles. The van der Waals surface area contributed by atoms with Gasteiger partial charge in [-0.15, -0.1) is 0 Å². The van der Waals surface area contributed by atoms with Crippen molar-refractivity contribution in [2.24, 2.45) is 5.41 Å². The summed E-state index contributed by atoms with van der Waals surface area (Å²) < 4.78 is 13.7. The van der Waals surface area contributed by atoms with Gasteiger partial charge in [0.05, 0.1) is 22.9 Å². The fourth-order valence-electron chi connectivity index (χ4n) is 2.77. The van der Waals surface area contributed by atoms with Gasteiger partial charge in [0.25, 0.3) is 0 Å². The first kappa shape index (κ1) is 16.9. The summed E-state index contributed by atoms with van der Waals surface area (Å²) in [5.41, 5.74) is 4.40. The number of hydrogen-bond donors (Lipinski definition) is 1. The molecule has 1 atom stereocenters. The van der Waals surface area contributed by atoms with Crippen LogP contribution in [0.4, 0.5) is 5.82 Å². The SMILES string of the molecule is Cc1ccc(-n2nc3c(c2NC(=O)C(C)(C)C)C[S@@](=O)C3)c(C)c1. The van der Waals surface area contributed by atoms with Crippen LogP contribution >= 0.6 is 0 Å². The van der Waals surface area contributed by atoms with Crippen molar-refractivity contribution in [3.05, 3.63) is 40.6 Å². The standard InChI is InChI=1S/C18H23N3O2S/c1-11-6-7-15(12(2)8-11)21-16(19-17(22)18(3,4)5)13-9-24(23)10-14(13)20-21/h6-8H,9-10H2,1-5H3,(H,19,22)/t24-/m1/s1. The zero-order valence-electron chi connectivity index (χ0n) is 14.8. The second-order valence-electron chi connectivity index (χ2n) is 7.41. The van der Waals surface area contributed by atoms with Crippen LogP contribution in [0.5, 0.6) is 0 Å². The Balaban J connectivity index is 2.12. The van der Waals surface area contributed by atoms with E-state index < -0.39 is 16.2 Å². The largest absolute Gasteiger partial charge is 0.310 e. The Morgan fingerprint density at radius 2 is 1.96 bits per heavy atom. The molecule has 0 spiro atoms. The molecule has 1 aromatic carbocycles. The van der Waals surface area contributed by atoms with Crippen LogP contribution in [0.3, 0.4) is 0 Å². The minimum absolute atomic E-state index is 0.0751. The van der Waals surface area contributed by atoms with E-state index >= 15 is 0 Å². The number of anilines is 1. The number of hydrogen-bond acceptors (Lipinski definition) is 3. The normalized spacial score (nSPS) is 17.0. The Kier molecular flexibility index (Phi) is 4.11. The van der Waals surface area contributed by atoms with Crippen molar-refractivity contribution in [3.8, 4) is 5.69 Å². The second kappa shape index (κ2) is 5.84. The van der Waals surface area contributed by atoms with Crippen molar-refractivity contribution in [3.63, 3.8) is 0 Å². The number of carbonyl (C=O) groups excluding carboxylic acids is 1. The highest BCUT2D eigenvalue weighted by Gasteiger charge is 2.31. The van der Waals surface area contributed by atoms with E-state index in [1.54, 1.807) is 4.68 Å². The third-order valence-electron chi connectivity index (χ3n) is 4.16. The molecule has 1 amide bonds. The van der Waals surface area contributed by atoms with E-state index in [4.69, 9.17) is 0 Å². The zero-order valence-corrected chi connectivity index (χ0v) is 15.6. The molecule has 0 bridgehead atoms. The van der Waals surface area contributed by atoms with E-state index in [0.717, 1.165) is 22.5 Å². The van der Waals surface area contributed by atoms with E-state index in [2.05, 4.69) is 16.5 Å². The van der Waals surface area contributed by atoms with Crippen LogP contribution in [0.15, 0.2) is 18.2 Å². The maximum absolute atomic E-state index is 12.5. The number of aromatic nitrogens is 2. The number of amides is 1. The molecular weight excluding hydrogens is 322 g/mol. The molecule has 0 fully saturated rings. The fourth-order valence-corrected chi connectivity index (χ4v) is 4.03. The zero-order chi connectivity index (χ0) is 17.6. The van der Waals surface area contributed by atoms with Crippen LogP contribution in [0.2, 0.25) is 0 Å². The van der Waals surface area contributed by atoms with Crippen molar-refractivity contribution in [1.29, 1.82) is 0 Å². The average molecular weight is 345 g/mol. The highest BCUT2D eigenvalue weighted by atomic mass is 32.2. The highest BCUT2D eigenvalue weighted by Crippen LogP contribution is 2.33. The topological polar surface area (TPSA) is 64.0 Å². The summed E-state index contributed by atoms with van der Waals surface area (Å²) in [4.78, 5) is 12.5. The Morgan fingerprint density at radius 1 is 1.25 bits per heavy atom. The third-order valence-corrected chi connectivity index (χ3v) is 5.37. The van der Waals surface area contributed by atoms with Crippen LogP contribution in [-0.2, 0) is 27.1 Å². The smallest absolute Gasteiger partial charge is 0.230 e. The van der Waals surface area contributed by atoms with Crippen LogP contribution < -0.4 is 5.32 Å². The molecule has 3 rings (SSSR count). The maximum Gasteiger partial charge on any atom is 0.230 e. The molecule has 128 valence electrons. The lowest BCUT2D eigenvalue weighted by Crippen LogP contribution is -2.29. The van der Waals surface area contributed by atoms with Crippen LogP contribution in [0, 0.1) is 19.3 Å². The molecular formula is C18H23N3O2S. The Morgan fingerprint density at radius 3 is 2.58 bits per heavy atom. The first-order chi connectivity index (χ1) is 11.2. The summed E-state index contributed by atoms with van der Waals surface area (Å²) in [6, 6.07) is 6.13. The molecule has 0 saturated heterocycles. The predicted molar refractivity (Wildman–Crippen MR) is 96.7 cm³/mol. The van der Waals surface area contributed by atoms with E-state index in [9.17, 15) is 9.00 Å². The van der Waals surface area contributed by atoms with Crippen molar-refractivity contribution in [1.82, 2.24) is 9.78 Å². The van der Waals surface area contributed by atoms with Gasteiger partial charge in [0.15, 0.2) is 0 Å². The summed E-state index contributed by atoms with van der Waals surface area (Å²) in [5.74, 6) is 1.47. The van der Waals surface area contributed by atoms with Crippen molar-refractivity contribution < 1.29 is 9.00 Å². The number of fused-ring (bicyclic) bond motifs is 1. The van der Waals surface area contributed by atoms with Gasteiger partial charge in [-0.1, -0.05) is 38.5 Å². The predicted octanol–water partition coefficient (Wildman–Crippen LogP) is 3.24. The minimum Gasteiger partial charge on any atom is -0.310 e. The van der Waals surface area contributed by atoms with Gasteiger partial charge < -0.3 is 5.32 Å². The van der Waals surface area contributed by atoms with Gasteiger partial charge in [-0.2, -0.15) is 5.10 Å². The minimum atomic E-state index is -0.935. The second-order valence-corrected chi connectivity index (χ2v) is 8.87. The lowest BCUT2D eigenvalue weighted by atomic mass is 9.95. The molecule has 0 unspecified atom stereocenters. The molecule has 1 aliphatic rings. The molecule has 0 aliphatic carbocycles. The Bertz CT molecular complexity index is 847. The Labute approximate surface area is 144 Å². The average Bonchev–Trinajstić information content (AvgIpc) is 2.95. The summed E-state index contributed by atoms with van der Waals surface area (Å²) in [6.07, 6.45) is 0. The number of benzene rings is 1. The van der Waals surface area contributed by atoms with Crippen molar-refractivity contribution in [2.45, 2.75) is 46.1 Å². The van der Waals surface area contributed by atoms with Crippen molar-refractivity contribution >= 4 is 22.5 Å². The first-order valence-corrected chi connectivity index (χ1v) is 9.50. The summed E-state index contributed by atoms with van der Waals surface area (Å²) in [7, 11) is -0.935. The van der Waals surface area contributed by atoms with Crippen molar-refractivity contribution in [2.75, 3.05) is 5.32 Å². The summed E-state index contributed by atoms with van der Waals surface area (Å²) in [6.45, 7) is 9.70. The van der Waals surface area contributed by atoms with E-state index in [-0.39, 0.29) is 5.91 Å². The quantitative estimate of drug-likeness (QED) is 0.909. The van der Waals surface area contributed by atoms with Crippen LogP contribution in [-0.4, -0.2) is 19.9 Å². The number of rotatable bonds is 2.